The first-order valence-corrected chi connectivity index (χ1v) is 7.53. The number of rotatable bonds is 3. The third-order valence-electron chi connectivity index (χ3n) is 4.67. The Labute approximate surface area is 129 Å². The monoisotopic (exact) mass is 303 g/mol. The highest BCUT2D eigenvalue weighted by molar-refractivity contribution is 6.01. The first-order valence-electron chi connectivity index (χ1n) is 7.53. The van der Waals surface area contributed by atoms with Crippen molar-refractivity contribution in [2.45, 2.75) is 32.9 Å². The number of nitrogens with zero attached hydrogens (tertiary/aromatic N) is 2. The average molecular weight is 303 g/mol. The Balaban J connectivity index is 2.00. The zero-order valence-electron chi connectivity index (χ0n) is 13.3. The molecule has 22 heavy (non-hydrogen) atoms. The molecule has 3 amide bonds. The third kappa shape index (κ3) is 2.10. The minimum Gasteiger partial charge on any atom is -0.467 e. The van der Waals surface area contributed by atoms with Gasteiger partial charge in [-0.1, -0.05) is 13.8 Å². The van der Waals surface area contributed by atoms with Crippen LogP contribution in [0.4, 0.5) is 4.79 Å². The standard InChI is InChI=1S/C16H21N3O3/c1-9(2)10(3)19-8-11-13(15(19)20)14(12-6-5-7-22-12)17-16(21)18(11)4/h5-7,9-10,14H,8H2,1-4H3,(H,17,21). The van der Waals surface area contributed by atoms with Crippen molar-refractivity contribution < 1.29 is 14.0 Å². The zero-order valence-corrected chi connectivity index (χ0v) is 13.3. The molecule has 0 aliphatic carbocycles. The van der Waals surface area contributed by atoms with Crippen molar-refractivity contribution in [2.75, 3.05) is 13.6 Å². The van der Waals surface area contributed by atoms with E-state index >= 15 is 0 Å². The summed E-state index contributed by atoms with van der Waals surface area (Å²) in [6, 6.07) is 2.92. The second-order valence-corrected chi connectivity index (χ2v) is 6.23. The van der Waals surface area contributed by atoms with Crippen molar-refractivity contribution >= 4 is 11.9 Å². The van der Waals surface area contributed by atoms with Gasteiger partial charge in [0.2, 0.25) is 0 Å². The lowest BCUT2D eigenvalue weighted by Gasteiger charge is -2.29. The lowest BCUT2D eigenvalue weighted by molar-refractivity contribution is -0.128. The molecule has 2 unspecified atom stereocenters. The van der Waals surface area contributed by atoms with Crippen LogP contribution in [0.15, 0.2) is 34.1 Å². The van der Waals surface area contributed by atoms with Gasteiger partial charge < -0.3 is 14.6 Å². The van der Waals surface area contributed by atoms with Crippen molar-refractivity contribution in [3.8, 4) is 0 Å². The third-order valence-corrected chi connectivity index (χ3v) is 4.67. The van der Waals surface area contributed by atoms with Gasteiger partial charge in [-0.15, -0.1) is 0 Å². The second-order valence-electron chi connectivity index (χ2n) is 6.23. The summed E-state index contributed by atoms with van der Waals surface area (Å²) in [6.45, 7) is 6.69. The molecule has 0 radical (unpaired) electrons. The number of furan rings is 1. The highest BCUT2D eigenvalue weighted by Gasteiger charge is 2.45. The van der Waals surface area contributed by atoms with E-state index in [4.69, 9.17) is 4.42 Å². The van der Waals surface area contributed by atoms with Gasteiger partial charge in [-0.05, 0) is 25.0 Å². The number of urea groups is 1. The molecule has 6 heteroatoms. The van der Waals surface area contributed by atoms with Crippen molar-refractivity contribution in [1.29, 1.82) is 0 Å². The number of nitrogens with one attached hydrogen (secondary N) is 1. The SMILES string of the molecule is CC(C)C(C)N1CC2=C(C1=O)C(c1ccco1)NC(=O)N2C. The molecule has 1 aromatic heterocycles. The van der Waals surface area contributed by atoms with Gasteiger partial charge in [0.25, 0.3) is 5.91 Å². The average Bonchev–Trinajstić information content (AvgIpc) is 3.10. The quantitative estimate of drug-likeness (QED) is 0.930. The van der Waals surface area contributed by atoms with E-state index in [-0.39, 0.29) is 18.0 Å². The van der Waals surface area contributed by atoms with Crippen LogP contribution in [-0.4, -0.2) is 41.4 Å². The summed E-state index contributed by atoms with van der Waals surface area (Å²) in [7, 11) is 1.69. The maximum absolute atomic E-state index is 12.9. The highest BCUT2D eigenvalue weighted by Crippen LogP contribution is 2.37. The smallest absolute Gasteiger partial charge is 0.322 e. The first kappa shape index (κ1) is 14.7. The van der Waals surface area contributed by atoms with Gasteiger partial charge in [0.05, 0.1) is 24.1 Å². The number of amides is 3. The van der Waals surface area contributed by atoms with Crippen LogP contribution in [0.1, 0.15) is 32.6 Å². The van der Waals surface area contributed by atoms with Crippen LogP contribution in [0.25, 0.3) is 0 Å². The van der Waals surface area contributed by atoms with Crippen molar-refractivity contribution in [2.24, 2.45) is 5.92 Å². The molecule has 0 bridgehead atoms. The summed E-state index contributed by atoms with van der Waals surface area (Å²) in [5.74, 6) is 0.909. The van der Waals surface area contributed by atoms with E-state index in [2.05, 4.69) is 19.2 Å². The Kier molecular flexibility index (Phi) is 3.47. The summed E-state index contributed by atoms with van der Waals surface area (Å²) in [4.78, 5) is 28.4. The van der Waals surface area contributed by atoms with Crippen LogP contribution < -0.4 is 5.32 Å². The van der Waals surface area contributed by atoms with E-state index in [0.29, 0.717) is 23.8 Å². The van der Waals surface area contributed by atoms with Gasteiger partial charge in [0.1, 0.15) is 11.8 Å². The lowest BCUT2D eigenvalue weighted by Crippen LogP contribution is -2.45. The summed E-state index contributed by atoms with van der Waals surface area (Å²) < 4.78 is 5.42. The molecule has 0 aromatic carbocycles. The molecule has 1 aromatic rings. The largest absolute Gasteiger partial charge is 0.467 e. The normalized spacial score (nSPS) is 23.2. The van der Waals surface area contributed by atoms with Gasteiger partial charge in [-0.2, -0.15) is 0 Å². The molecule has 0 saturated carbocycles. The summed E-state index contributed by atoms with van der Waals surface area (Å²) in [6.07, 6.45) is 1.55. The molecule has 118 valence electrons. The highest BCUT2D eigenvalue weighted by atomic mass is 16.3. The number of hydrogen-bond donors (Lipinski definition) is 1. The van der Waals surface area contributed by atoms with Gasteiger partial charge in [0, 0.05) is 13.1 Å². The van der Waals surface area contributed by atoms with Crippen LogP contribution in [0.2, 0.25) is 0 Å². The number of carbonyl (C=O) groups is 2. The first-order chi connectivity index (χ1) is 10.4. The molecule has 3 rings (SSSR count). The topological polar surface area (TPSA) is 65.8 Å². The lowest BCUT2D eigenvalue weighted by atomic mass is 10.0. The molecule has 3 heterocycles. The molecule has 2 aliphatic rings. The molecule has 2 atom stereocenters. The summed E-state index contributed by atoms with van der Waals surface area (Å²) in [5.41, 5.74) is 1.38. The van der Waals surface area contributed by atoms with Crippen LogP contribution in [-0.2, 0) is 4.79 Å². The van der Waals surface area contributed by atoms with Crippen LogP contribution in [0.5, 0.6) is 0 Å². The van der Waals surface area contributed by atoms with Crippen molar-refractivity contribution in [3.63, 3.8) is 0 Å². The fourth-order valence-corrected chi connectivity index (χ4v) is 2.95. The van der Waals surface area contributed by atoms with E-state index in [1.165, 1.54) is 4.90 Å². The van der Waals surface area contributed by atoms with E-state index in [1.54, 1.807) is 25.4 Å². The van der Waals surface area contributed by atoms with E-state index in [1.807, 2.05) is 11.8 Å². The Bertz CT molecular complexity index is 633. The maximum atomic E-state index is 12.9. The van der Waals surface area contributed by atoms with Crippen molar-refractivity contribution in [3.05, 3.63) is 35.4 Å². The number of likely N-dealkylation sites (N-methyl/N-ethyl adjacent to an activating group) is 1. The summed E-state index contributed by atoms with van der Waals surface area (Å²) in [5, 5.41) is 2.85. The van der Waals surface area contributed by atoms with Crippen LogP contribution in [0.3, 0.4) is 0 Å². The van der Waals surface area contributed by atoms with Crippen LogP contribution >= 0.6 is 0 Å². The molecular formula is C16H21N3O3. The van der Waals surface area contributed by atoms with E-state index < -0.39 is 6.04 Å². The Morgan fingerprint density at radius 1 is 1.32 bits per heavy atom. The molecule has 0 fully saturated rings. The predicted octanol–water partition coefficient (Wildman–Crippen LogP) is 2.12. The second kappa shape index (κ2) is 5.19. The van der Waals surface area contributed by atoms with Gasteiger partial charge in [-0.3, -0.25) is 9.69 Å². The summed E-state index contributed by atoms with van der Waals surface area (Å²) >= 11 is 0. The molecule has 2 aliphatic heterocycles. The fourth-order valence-electron chi connectivity index (χ4n) is 2.95. The van der Waals surface area contributed by atoms with Gasteiger partial charge in [-0.25, -0.2) is 4.79 Å². The Hall–Kier alpha value is -2.24. The zero-order chi connectivity index (χ0) is 16.0. The van der Waals surface area contributed by atoms with Crippen LogP contribution in [0, 0.1) is 5.92 Å². The van der Waals surface area contributed by atoms with Gasteiger partial charge >= 0.3 is 6.03 Å². The predicted molar refractivity (Wildman–Crippen MR) is 80.8 cm³/mol. The molecule has 0 saturated heterocycles. The molecular weight excluding hydrogens is 282 g/mol. The Morgan fingerprint density at radius 2 is 2.05 bits per heavy atom. The fraction of sp³-hybridized carbons (Fsp3) is 0.500. The van der Waals surface area contributed by atoms with E-state index in [9.17, 15) is 9.59 Å². The molecule has 0 spiro atoms. The maximum Gasteiger partial charge on any atom is 0.322 e. The molecule has 1 N–H and O–H groups in total. The molecule has 6 nitrogen and oxygen atoms in total. The number of carbonyl (C=O) groups excluding carboxylic acids is 2. The van der Waals surface area contributed by atoms with Gasteiger partial charge in [0.15, 0.2) is 0 Å². The van der Waals surface area contributed by atoms with Crippen molar-refractivity contribution in [1.82, 2.24) is 15.1 Å². The minimum absolute atomic E-state index is 0.0237. The minimum atomic E-state index is -0.509. The van der Waals surface area contributed by atoms with E-state index in [0.717, 1.165) is 5.70 Å². The Morgan fingerprint density at radius 3 is 2.64 bits per heavy atom. The number of hydrogen-bond acceptors (Lipinski definition) is 3.